The van der Waals surface area contributed by atoms with E-state index >= 15 is 0 Å². The minimum Gasteiger partial charge on any atom is -0.392 e. The van der Waals surface area contributed by atoms with Crippen LogP contribution < -0.4 is 10.6 Å². The van der Waals surface area contributed by atoms with Gasteiger partial charge in [0.05, 0.1) is 6.61 Å². The molecule has 7 heteroatoms. The second kappa shape index (κ2) is 7.13. The summed E-state index contributed by atoms with van der Waals surface area (Å²) < 4.78 is 0.716. The number of anilines is 2. The molecule has 4 nitrogen and oxygen atoms in total. The van der Waals surface area contributed by atoms with Crippen LogP contribution in [0.3, 0.4) is 0 Å². The Bertz CT molecular complexity index is 660. The van der Waals surface area contributed by atoms with Gasteiger partial charge in [0.15, 0.2) is 0 Å². The van der Waals surface area contributed by atoms with Crippen molar-refractivity contribution >= 4 is 56.5 Å². The maximum absolute atomic E-state index is 12.0. The zero-order valence-electron chi connectivity index (χ0n) is 10.7. The number of hydrogen-bond donors (Lipinski definition) is 3. The molecule has 21 heavy (non-hydrogen) atoms. The van der Waals surface area contributed by atoms with E-state index in [0.29, 0.717) is 31.5 Å². The smallest absolute Gasteiger partial charge is 0.323 e. The van der Waals surface area contributed by atoms with Gasteiger partial charge < -0.3 is 15.7 Å². The van der Waals surface area contributed by atoms with E-state index < -0.39 is 6.03 Å². The third kappa shape index (κ3) is 4.35. The summed E-state index contributed by atoms with van der Waals surface area (Å²) in [6.45, 7) is -0.194. The number of urea groups is 1. The molecule has 0 unspecified atom stereocenters. The number of halogens is 3. The van der Waals surface area contributed by atoms with E-state index in [0.717, 1.165) is 0 Å². The molecule has 3 N–H and O–H groups in total. The lowest BCUT2D eigenvalue weighted by Crippen LogP contribution is -2.20. The number of amides is 2. The monoisotopic (exact) mass is 388 g/mol. The van der Waals surface area contributed by atoms with Gasteiger partial charge in [0.1, 0.15) is 0 Å². The van der Waals surface area contributed by atoms with E-state index in [-0.39, 0.29) is 6.61 Å². The SMILES string of the molecule is O=C(Nc1cc(Cl)cc(Cl)c1)Nc1cccc(Br)c1CO. The highest BCUT2D eigenvalue weighted by molar-refractivity contribution is 9.10. The topological polar surface area (TPSA) is 61.4 Å². The van der Waals surface area contributed by atoms with Crippen LogP contribution in [0.2, 0.25) is 10.0 Å². The quantitative estimate of drug-likeness (QED) is 0.699. The first-order valence-corrected chi connectivity index (χ1v) is 7.47. The van der Waals surface area contributed by atoms with Crippen LogP contribution in [0.15, 0.2) is 40.9 Å². The molecular weight excluding hydrogens is 379 g/mol. The molecule has 0 aliphatic heterocycles. The fourth-order valence-corrected chi connectivity index (χ4v) is 2.76. The standard InChI is InChI=1S/C14H11BrCl2N2O2/c15-12-2-1-3-13(11(12)7-20)19-14(21)18-10-5-8(16)4-9(17)6-10/h1-6,20H,7H2,(H2,18,19,21). The maximum atomic E-state index is 12.0. The first-order chi connectivity index (χ1) is 9.99. The molecule has 0 saturated heterocycles. The Labute approximate surface area is 140 Å². The zero-order valence-corrected chi connectivity index (χ0v) is 13.8. The Hall–Kier alpha value is -1.27. The minimum atomic E-state index is -0.457. The van der Waals surface area contributed by atoms with Crippen LogP contribution in [0.1, 0.15) is 5.56 Å². The van der Waals surface area contributed by atoms with Gasteiger partial charge in [-0.3, -0.25) is 0 Å². The number of nitrogens with one attached hydrogen (secondary N) is 2. The Morgan fingerprint density at radius 3 is 2.43 bits per heavy atom. The Morgan fingerprint density at radius 1 is 1.14 bits per heavy atom. The van der Waals surface area contributed by atoms with Crippen LogP contribution in [0, 0.1) is 0 Å². The van der Waals surface area contributed by atoms with Crippen molar-refractivity contribution in [3.8, 4) is 0 Å². The molecule has 0 atom stereocenters. The highest BCUT2D eigenvalue weighted by atomic mass is 79.9. The molecule has 0 aliphatic rings. The number of carbonyl (C=O) groups excluding carboxylic acids is 1. The van der Waals surface area contributed by atoms with Gasteiger partial charge in [-0.25, -0.2) is 4.79 Å². The Balaban J connectivity index is 2.13. The van der Waals surface area contributed by atoms with Crippen molar-refractivity contribution in [3.05, 3.63) is 56.5 Å². The van der Waals surface area contributed by atoms with E-state index in [9.17, 15) is 9.90 Å². The van der Waals surface area contributed by atoms with Crippen molar-refractivity contribution < 1.29 is 9.90 Å². The molecule has 110 valence electrons. The molecule has 0 bridgehead atoms. The molecule has 0 aromatic heterocycles. The fraction of sp³-hybridized carbons (Fsp3) is 0.0714. The van der Waals surface area contributed by atoms with Gasteiger partial charge in [-0.2, -0.15) is 0 Å². The van der Waals surface area contributed by atoms with Crippen LogP contribution in [-0.4, -0.2) is 11.1 Å². The van der Waals surface area contributed by atoms with Gasteiger partial charge in [0.25, 0.3) is 0 Å². The predicted molar refractivity (Wildman–Crippen MR) is 89.2 cm³/mol. The molecule has 2 amide bonds. The lowest BCUT2D eigenvalue weighted by atomic mass is 10.2. The summed E-state index contributed by atoms with van der Waals surface area (Å²) in [4.78, 5) is 12.0. The second-order valence-electron chi connectivity index (χ2n) is 4.16. The lowest BCUT2D eigenvalue weighted by Gasteiger charge is -2.12. The molecule has 2 rings (SSSR count). The Morgan fingerprint density at radius 2 is 1.81 bits per heavy atom. The lowest BCUT2D eigenvalue weighted by molar-refractivity contribution is 0.262. The van der Waals surface area contributed by atoms with Crippen molar-refractivity contribution in [3.63, 3.8) is 0 Å². The van der Waals surface area contributed by atoms with Crippen molar-refractivity contribution in [2.75, 3.05) is 10.6 Å². The summed E-state index contributed by atoms with van der Waals surface area (Å²) in [6.07, 6.45) is 0. The molecule has 0 saturated carbocycles. The first kappa shape index (κ1) is 16.1. The second-order valence-corrected chi connectivity index (χ2v) is 5.89. The van der Waals surface area contributed by atoms with E-state index in [1.165, 1.54) is 0 Å². The third-order valence-corrected chi connectivity index (χ3v) is 3.82. The molecule has 0 fully saturated rings. The molecule has 0 heterocycles. The molecular formula is C14H11BrCl2N2O2. The van der Waals surface area contributed by atoms with Crippen LogP contribution in [0.25, 0.3) is 0 Å². The molecule has 0 spiro atoms. The summed E-state index contributed by atoms with van der Waals surface area (Å²) in [5.74, 6) is 0. The predicted octanol–water partition coefficient (Wildman–Crippen LogP) is 4.89. The largest absolute Gasteiger partial charge is 0.392 e. The number of rotatable bonds is 3. The van der Waals surface area contributed by atoms with Crippen LogP contribution in [-0.2, 0) is 6.61 Å². The van der Waals surface area contributed by atoms with E-state index in [2.05, 4.69) is 26.6 Å². The summed E-state index contributed by atoms with van der Waals surface area (Å²) in [5.41, 5.74) is 1.58. The molecule has 2 aromatic carbocycles. The highest BCUT2D eigenvalue weighted by Crippen LogP contribution is 2.26. The maximum Gasteiger partial charge on any atom is 0.323 e. The van der Waals surface area contributed by atoms with E-state index in [1.54, 1.807) is 36.4 Å². The number of aliphatic hydroxyl groups excluding tert-OH is 1. The van der Waals surface area contributed by atoms with Crippen LogP contribution in [0.5, 0.6) is 0 Å². The van der Waals surface area contributed by atoms with Gasteiger partial charge in [0.2, 0.25) is 0 Å². The molecule has 2 aromatic rings. The van der Waals surface area contributed by atoms with Crippen molar-refractivity contribution in [2.24, 2.45) is 0 Å². The summed E-state index contributed by atoms with van der Waals surface area (Å²) in [5, 5.41) is 15.5. The van der Waals surface area contributed by atoms with Gasteiger partial charge in [-0.05, 0) is 30.3 Å². The minimum absolute atomic E-state index is 0.194. The van der Waals surface area contributed by atoms with Crippen molar-refractivity contribution in [1.82, 2.24) is 0 Å². The molecule has 0 aliphatic carbocycles. The third-order valence-electron chi connectivity index (χ3n) is 2.65. The number of hydrogen-bond acceptors (Lipinski definition) is 2. The van der Waals surface area contributed by atoms with E-state index in [1.807, 2.05) is 0 Å². The van der Waals surface area contributed by atoms with Crippen molar-refractivity contribution in [2.45, 2.75) is 6.61 Å². The van der Waals surface area contributed by atoms with Gasteiger partial charge >= 0.3 is 6.03 Å². The average Bonchev–Trinajstić information content (AvgIpc) is 2.37. The number of benzene rings is 2. The molecule has 0 radical (unpaired) electrons. The fourth-order valence-electron chi connectivity index (χ4n) is 1.75. The zero-order chi connectivity index (χ0) is 15.4. The number of carbonyl (C=O) groups is 1. The summed E-state index contributed by atoms with van der Waals surface area (Å²) in [7, 11) is 0. The van der Waals surface area contributed by atoms with Crippen LogP contribution in [0.4, 0.5) is 16.2 Å². The summed E-state index contributed by atoms with van der Waals surface area (Å²) in [6, 6.07) is 9.52. The van der Waals surface area contributed by atoms with E-state index in [4.69, 9.17) is 23.2 Å². The van der Waals surface area contributed by atoms with Gasteiger partial charge in [-0.1, -0.05) is 45.2 Å². The van der Waals surface area contributed by atoms with Gasteiger partial charge in [0, 0.05) is 31.5 Å². The van der Waals surface area contributed by atoms with Crippen LogP contribution >= 0.6 is 39.1 Å². The summed E-state index contributed by atoms with van der Waals surface area (Å²) >= 11 is 15.1. The normalized spacial score (nSPS) is 10.3. The highest BCUT2D eigenvalue weighted by Gasteiger charge is 2.09. The van der Waals surface area contributed by atoms with Gasteiger partial charge in [-0.15, -0.1) is 0 Å². The average molecular weight is 390 g/mol. The first-order valence-electron chi connectivity index (χ1n) is 5.92. The number of aliphatic hydroxyl groups is 1. The Kier molecular flexibility index (Phi) is 5.47. The van der Waals surface area contributed by atoms with Crippen molar-refractivity contribution in [1.29, 1.82) is 0 Å².